The second kappa shape index (κ2) is 9.95. The van der Waals surface area contributed by atoms with Gasteiger partial charge in [0.25, 0.3) is 0 Å². The number of hydrogen-bond donors (Lipinski definition) is 0. The molecule has 0 unspecified atom stereocenters. The Bertz CT molecular complexity index is 1440. The van der Waals surface area contributed by atoms with E-state index in [4.69, 9.17) is 0 Å². The predicted octanol–water partition coefficient (Wildman–Crippen LogP) is 3.98. The Morgan fingerprint density at radius 2 is 1.64 bits per heavy atom. The maximum absolute atomic E-state index is 13.4. The van der Waals surface area contributed by atoms with E-state index >= 15 is 0 Å². The van der Waals surface area contributed by atoms with Gasteiger partial charge in [-0.15, -0.1) is 11.3 Å². The molecule has 0 atom stereocenters. The van der Waals surface area contributed by atoms with Gasteiger partial charge in [-0.25, -0.2) is 9.50 Å². The second-order valence-corrected chi connectivity index (χ2v) is 11.8. The van der Waals surface area contributed by atoms with Gasteiger partial charge in [-0.05, 0) is 49.2 Å². The molecule has 7 rings (SSSR count). The van der Waals surface area contributed by atoms with E-state index in [1.54, 1.807) is 11.3 Å². The number of anilines is 2. The Balaban J connectivity index is 1.05. The molecule has 3 aromatic heterocycles. The van der Waals surface area contributed by atoms with Crippen LogP contribution in [0.4, 0.5) is 11.4 Å². The van der Waals surface area contributed by atoms with Crippen LogP contribution in [-0.2, 0) is 10.2 Å². The van der Waals surface area contributed by atoms with Crippen molar-refractivity contribution in [2.24, 2.45) is 0 Å². The van der Waals surface area contributed by atoms with Gasteiger partial charge in [0.05, 0.1) is 11.2 Å². The van der Waals surface area contributed by atoms with E-state index in [-0.39, 0.29) is 11.3 Å². The molecule has 202 valence electrons. The first kappa shape index (κ1) is 24.6. The van der Waals surface area contributed by atoms with Crippen LogP contribution in [0.2, 0.25) is 0 Å². The first-order valence-electron chi connectivity index (χ1n) is 14.1. The summed E-state index contributed by atoms with van der Waals surface area (Å²) < 4.78 is 1.99. The molecular weight excluding hydrogens is 506 g/mol. The van der Waals surface area contributed by atoms with Crippen LogP contribution in [0.5, 0.6) is 0 Å². The van der Waals surface area contributed by atoms with Crippen molar-refractivity contribution in [2.75, 3.05) is 68.7 Å². The molecule has 5 heterocycles. The Kier molecular flexibility index (Phi) is 6.28. The summed E-state index contributed by atoms with van der Waals surface area (Å²) in [7, 11) is 0. The Hall–Kier alpha value is -3.43. The molecule has 0 spiro atoms. The summed E-state index contributed by atoms with van der Waals surface area (Å²) >= 11 is 1.61. The highest BCUT2D eigenvalue weighted by Crippen LogP contribution is 2.50. The number of likely N-dealkylation sites (N-methyl/N-ethyl adjacent to an activating group) is 1. The standard InChI is InChI=1S/C30H35N7OS/c1-2-33-12-14-34(15-13-33)25-5-3-23(4-6-25)24-21-27-26(7-10-32-37(27)22-24)35-16-18-36(19-17-35)29(38)30(8-9-30)28-31-11-20-39-28/h3-7,10-11,20-22H,2,8-9,12-19H2,1H3. The van der Waals surface area contributed by atoms with Crippen LogP contribution in [0, 0.1) is 0 Å². The van der Waals surface area contributed by atoms with E-state index < -0.39 is 0 Å². The summed E-state index contributed by atoms with van der Waals surface area (Å²) in [5.74, 6) is 0.262. The van der Waals surface area contributed by atoms with Crippen molar-refractivity contribution >= 4 is 34.1 Å². The summed E-state index contributed by atoms with van der Waals surface area (Å²) in [6.45, 7) is 10.9. The van der Waals surface area contributed by atoms with E-state index in [9.17, 15) is 4.79 Å². The van der Waals surface area contributed by atoms with Gasteiger partial charge in [0.1, 0.15) is 10.4 Å². The Labute approximate surface area is 233 Å². The number of piperazine rings is 2. The quantitative estimate of drug-likeness (QED) is 0.368. The average molecular weight is 542 g/mol. The van der Waals surface area contributed by atoms with E-state index in [0.717, 1.165) is 82.3 Å². The molecule has 4 aromatic rings. The van der Waals surface area contributed by atoms with E-state index in [0.29, 0.717) is 0 Å². The average Bonchev–Trinajstić information content (AvgIpc) is 3.39. The summed E-state index contributed by atoms with van der Waals surface area (Å²) in [5, 5.41) is 7.57. The molecule has 1 saturated carbocycles. The third-order valence-corrected chi connectivity index (χ3v) is 9.76. The van der Waals surface area contributed by atoms with Crippen molar-refractivity contribution < 1.29 is 4.79 Å². The smallest absolute Gasteiger partial charge is 0.235 e. The van der Waals surface area contributed by atoms with Gasteiger partial charge < -0.3 is 19.6 Å². The zero-order valence-electron chi connectivity index (χ0n) is 22.5. The molecule has 1 aliphatic carbocycles. The maximum atomic E-state index is 13.4. The SMILES string of the molecule is CCN1CCN(c2ccc(-c3cc4c(N5CCN(C(=O)C6(c7nccs7)CC6)CC5)ccnn4c3)cc2)CC1. The number of benzene rings is 1. The number of fused-ring (bicyclic) bond motifs is 1. The molecule has 0 radical (unpaired) electrons. The van der Waals surface area contributed by atoms with Crippen molar-refractivity contribution in [3.05, 3.63) is 65.4 Å². The fourth-order valence-electron chi connectivity index (χ4n) is 6.17. The number of aromatic nitrogens is 3. The Morgan fingerprint density at radius 3 is 2.31 bits per heavy atom. The first-order chi connectivity index (χ1) is 19.1. The lowest BCUT2D eigenvalue weighted by molar-refractivity contribution is -0.134. The molecular formula is C30H35N7OS. The van der Waals surface area contributed by atoms with Crippen molar-refractivity contribution in [2.45, 2.75) is 25.2 Å². The summed E-state index contributed by atoms with van der Waals surface area (Å²) in [6, 6.07) is 13.3. The second-order valence-electron chi connectivity index (χ2n) is 10.9. The zero-order chi connectivity index (χ0) is 26.4. The highest BCUT2D eigenvalue weighted by atomic mass is 32.1. The lowest BCUT2D eigenvalue weighted by atomic mass is 10.1. The van der Waals surface area contributed by atoms with Gasteiger partial charge in [-0.1, -0.05) is 19.1 Å². The first-order valence-corrected chi connectivity index (χ1v) is 15.0. The molecule has 2 saturated heterocycles. The zero-order valence-corrected chi connectivity index (χ0v) is 23.3. The third kappa shape index (κ3) is 4.47. The minimum absolute atomic E-state index is 0.262. The van der Waals surface area contributed by atoms with Gasteiger partial charge >= 0.3 is 0 Å². The van der Waals surface area contributed by atoms with Gasteiger partial charge in [-0.2, -0.15) is 5.10 Å². The van der Waals surface area contributed by atoms with Crippen molar-refractivity contribution in [1.29, 1.82) is 0 Å². The molecule has 1 aromatic carbocycles. The number of carbonyl (C=O) groups excluding carboxylic acids is 1. The largest absolute Gasteiger partial charge is 0.369 e. The topological polar surface area (TPSA) is 60.2 Å². The summed E-state index contributed by atoms with van der Waals surface area (Å²) in [4.78, 5) is 27.3. The summed E-state index contributed by atoms with van der Waals surface area (Å²) in [6.07, 6.45) is 7.67. The van der Waals surface area contributed by atoms with Crippen LogP contribution >= 0.6 is 11.3 Å². The minimum Gasteiger partial charge on any atom is -0.369 e. The molecule has 0 N–H and O–H groups in total. The fraction of sp³-hybridized carbons (Fsp3) is 0.433. The predicted molar refractivity (Wildman–Crippen MR) is 157 cm³/mol. The van der Waals surface area contributed by atoms with Crippen LogP contribution in [0.1, 0.15) is 24.8 Å². The normalized spacial score (nSPS) is 19.6. The number of carbonyl (C=O) groups is 1. The van der Waals surface area contributed by atoms with E-state index in [1.807, 2.05) is 22.3 Å². The molecule has 39 heavy (non-hydrogen) atoms. The monoisotopic (exact) mass is 541 g/mol. The maximum Gasteiger partial charge on any atom is 0.235 e. The Morgan fingerprint density at radius 1 is 0.897 bits per heavy atom. The lowest BCUT2D eigenvalue weighted by Gasteiger charge is -2.37. The molecule has 0 bridgehead atoms. The molecule has 9 heteroatoms. The van der Waals surface area contributed by atoms with E-state index in [2.05, 4.69) is 79.2 Å². The van der Waals surface area contributed by atoms with Crippen LogP contribution in [0.3, 0.4) is 0 Å². The van der Waals surface area contributed by atoms with Crippen LogP contribution in [0.15, 0.2) is 60.4 Å². The van der Waals surface area contributed by atoms with Crippen LogP contribution in [-0.4, -0.2) is 89.2 Å². The van der Waals surface area contributed by atoms with E-state index in [1.165, 1.54) is 22.5 Å². The van der Waals surface area contributed by atoms with Crippen molar-refractivity contribution in [3.63, 3.8) is 0 Å². The van der Waals surface area contributed by atoms with Crippen molar-refractivity contribution in [1.82, 2.24) is 24.4 Å². The highest BCUT2D eigenvalue weighted by Gasteiger charge is 2.55. The highest BCUT2D eigenvalue weighted by molar-refractivity contribution is 7.09. The number of rotatable bonds is 6. The van der Waals surface area contributed by atoms with Gasteiger partial charge in [-0.3, -0.25) is 4.79 Å². The third-order valence-electron chi connectivity index (χ3n) is 8.78. The molecule has 8 nitrogen and oxygen atoms in total. The number of hydrogen-bond acceptors (Lipinski definition) is 7. The summed E-state index contributed by atoms with van der Waals surface area (Å²) in [5.41, 5.74) is 5.60. The van der Waals surface area contributed by atoms with Crippen LogP contribution < -0.4 is 9.80 Å². The lowest BCUT2D eigenvalue weighted by Crippen LogP contribution is -2.51. The molecule has 3 fully saturated rings. The minimum atomic E-state index is -0.351. The number of thiazole rings is 1. The van der Waals surface area contributed by atoms with Gasteiger partial charge in [0, 0.05) is 87.6 Å². The molecule has 3 aliphatic rings. The number of nitrogens with zero attached hydrogens (tertiary/aromatic N) is 7. The molecule has 1 amide bonds. The molecule has 2 aliphatic heterocycles. The van der Waals surface area contributed by atoms with Gasteiger partial charge in [0.15, 0.2) is 0 Å². The van der Waals surface area contributed by atoms with Crippen LogP contribution in [0.25, 0.3) is 16.6 Å². The number of amides is 1. The van der Waals surface area contributed by atoms with Crippen molar-refractivity contribution in [3.8, 4) is 11.1 Å². The van der Waals surface area contributed by atoms with Gasteiger partial charge in [0.2, 0.25) is 5.91 Å². The fourth-order valence-corrected chi connectivity index (χ4v) is 7.06.